The molecule has 1 heterocycles. The highest BCUT2D eigenvalue weighted by Crippen LogP contribution is 2.22. The number of nitrogens with one attached hydrogen (secondary N) is 2. The Hall–Kier alpha value is -2.67. The summed E-state index contributed by atoms with van der Waals surface area (Å²) in [5.41, 5.74) is 2.14. The van der Waals surface area contributed by atoms with Gasteiger partial charge in [-0.05, 0) is 55.3 Å². The van der Waals surface area contributed by atoms with Gasteiger partial charge in [0.25, 0.3) is 5.56 Å². The number of hydrogen-bond acceptors (Lipinski definition) is 4. The van der Waals surface area contributed by atoms with Crippen molar-refractivity contribution in [1.29, 1.82) is 0 Å². The molecule has 1 aromatic heterocycles. The standard InChI is InChI=1S/C22H23BrN4O2/c23-15-6-11-20-19(12-15)22(29)27(14-24-20)13-21(28)26-18-9-7-17(8-10-18)25-16-4-2-1-3-5-16/h6-12,14,16,25H,1-5,13H2,(H,26,28). The van der Waals surface area contributed by atoms with Gasteiger partial charge < -0.3 is 10.6 Å². The van der Waals surface area contributed by atoms with E-state index in [-0.39, 0.29) is 18.0 Å². The molecule has 1 fully saturated rings. The van der Waals surface area contributed by atoms with Crippen LogP contribution in [0.15, 0.2) is 58.1 Å². The number of halogens is 1. The molecule has 1 saturated carbocycles. The molecule has 6 nitrogen and oxygen atoms in total. The normalized spacial score (nSPS) is 14.7. The van der Waals surface area contributed by atoms with E-state index in [0.29, 0.717) is 22.6 Å². The number of carbonyl (C=O) groups is 1. The average molecular weight is 455 g/mol. The van der Waals surface area contributed by atoms with Crippen molar-refractivity contribution < 1.29 is 4.79 Å². The van der Waals surface area contributed by atoms with Crippen molar-refractivity contribution in [3.63, 3.8) is 0 Å². The highest BCUT2D eigenvalue weighted by molar-refractivity contribution is 9.10. The predicted molar refractivity (Wildman–Crippen MR) is 119 cm³/mol. The van der Waals surface area contributed by atoms with E-state index in [1.165, 1.54) is 43.0 Å². The van der Waals surface area contributed by atoms with Gasteiger partial charge in [0.2, 0.25) is 5.91 Å². The molecule has 1 amide bonds. The van der Waals surface area contributed by atoms with Crippen LogP contribution in [0.4, 0.5) is 11.4 Å². The third kappa shape index (κ3) is 4.85. The summed E-state index contributed by atoms with van der Waals surface area (Å²) >= 11 is 3.36. The van der Waals surface area contributed by atoms with E-state index in [1.54, 1.807) is 12.1 Å². The van der Waals surface area contributed by atoms with Gasteiger partial charge in [0.15, 0.2) is 0 Å². The number of aromatic nitrogens is 2. The van der Waals surface area contributed by atoms with Crippen LogP contribution in [-0.2, 0) is 11.3 Å². The van der Waals surface area contributed by atoms with Crippen LogP contribution in [0, 0.1) is 0 Å². The molecule has 29 heavy (non-hydrogen) atoms. The van der Waals surface area contributed by atoms with Crippen LogP contribution in [-0.4, -0.2) is 21.5 Å². The molecule has 0 aliphatic heterocycles. The molecule has 0 bridgehead atoms. The second kappa shape index (κ2) is 8.78. The summed E-state index contributed by atoms with van der Waals surface area (Å²) in [6.07, 6.45) is 7.73. The first-order valence-corrected chi connectivity index (χ1v) is 10.7. The van der Waals surface area contributed by atoms with E-state index in [0.717, 1.165) is 10.2 Å². The number of anilines is 2. The average Bonchev–Trinajstić information content (AvgIpc) is 2.73. The van der Waals surface area contributed by atoms with Gasteiger partial charge in [-0.2, -0.15) is 0 Å². The quantitative estimate of drug-likeness (QED) is 0.592. The number of hydrogen-bond donors (Lipinski definition) is 2. The maximum atomic E-state index is 12.6. The molecule has 7 heteroatoms. The molecular formula is C22H23BrN4O2. The fourth-order valence-corrected chi connectivity index (χ4v) is 4.09. The lowest BCUT2D eigenvalue weighted by atomic mass is 9.95. The summed E-state index contributed by atoms with van der Waals surface area (Å²) < 4.78 is 2.12. The Morgan fingerprint density at radius 1 is 1.07 bits per heavy atom. The first-order chi connectivity index (χ1) is 14.1. The molecule has 3 aromatic rings. The van der Waals surface area contributed by atoms with Gasteiger partial charge in [0.05, 0.1) is 17.2 Å². The number of carbonyl (C=O) groups excluding carboxylic acids is 1. The topological polar surface area (TPSA) is 76.0 Å². The zero-order valence-electron chi connectivity index (χ0n) is 16.0. The van der Waals surface area contributed by atoms with E-state index in [2.05, 4.69) is 31.5 Å². The van der Waals surface area contributed by atoms with E-state index in [1.807, 2.05) is 30.3 Å². The number of fused-ring (bicyclic) bond motifs is 1. The molecule has 0 atom stereocenters. The summed E-state index contributed by atoms with van der Waals surface area (Å²) in [5, 5.41) is 6.88. The van der Waals surface area contributed by atoms with Crippen molar-refractivity contribution in [2.24, 2.45) is 0 Å². The van der Waals surface area contributed by atoms with Crippen LogP contribution in [0.2, 0.25) is 0 Å². The molecule has 0 radical (unpaired) electrons. The summed E-state index contributed by atoms with van der Waals surface area (Å²) in [4.78, 5) is 29.3. The van der Waals surface area contributed by atoms with Gasteiger partial charge in [-0.1, -0.05) is 35.2 Å². The molecule has 1 aliphatic rings. The highest BCUT2D eigenvalue weighted by Gasteiger charge is 2.13. The molecule has 1 aliphatic carbocycles. The Morgan fingerprint density at radius 2 is 1.79 bits per heavy atom. The minimum absolute atomic E-state index is 0.0869. The monoisotopic (exact) mass is 454 g/mol. The predicted octanol–water partition coefficient (Wildman–Crippen LogP) is 4.54. The van der Waals surface area contributed by atoms with Crippen LogP contribution < -0.4 is 16.2 Å². The van der Waals surface area contributed by atoms with E-state index < -0.39 is 0 Å². The molecule has 0 saturated heterocycles. The minimum Gasteiger partial charge on any atom is -0.382 e. The van der Waals surface area contributed by atoms with E-state index in [9.17, 15) is 9.59 Å². The maximum Gasteiger partial charge on any atom is 0.261 e. The lowest BCUT2D eigenvalue weighted by Crippen LogP contribution is -2.28. The third-order valence-electron chi connectivity index (χ3n) is 5.24. The summed E-state index contributed by atoms with van der Waals surface area (Å²) in [7, 11) is 0. The molecule has 150 valence electrons. The van der Waals surface area contributed by atoms with Gasteiger partial charge in [0.1, 0.15) is 6.54 Å². The molecule has 2 aromatic carbocycles. The zero-order chi connectivity index (χ0) is 20.2. The molecule has 2 N–H and O–H groups in total. The van der Waals surface area contributed by atoms with Crippen molar-refractivity contribution in [2.75, 3.05) is 10.6 Å². The first-order valence-electron chi connectivity index (χ1n) is 9.90. The van der Waals surface area contributed by atoms with Gasteiger partial charge in [-0.3, -0.25) is 14.2 Å². The molecule has 0 spiro atoms. The Balaban J connectivity index is 1.40. The van der Waals surface area contributed by atoms with Crippen LogP contribution in [0.1, 0.15) is 32.1 Å². The van der Waals surface area contributed by atoms with Crippen molar-refractivity contribution in [3.8, 4) is 0 Å². The van der Waals surface area contributed by atoms with E-state index >= 15 is 0 Å². The SMILES string of the molecule is O=C(Cn1cnc2ccc(Br)cc2c1=O)Nc1ccc(NC2CCCCC2)cc1. The van der Waals surface area contributed by atoms with Crippen LogP contribution in [0.3, 0.4) is 0 Å². The van der Waals surface area contributed by atoms with Crippen molar-refractivity contribution in [3.05, 3.63) is 63.6 Å². The van der Waals surface area contributed by atoms with Crippen LogP contribution in [0.25, 0.3) is 10.9 Å². The molecule has 4 rings (SSSR count). The summed E-state index contributed by atoms with van der Waals surface area (Å²) in [6, 6.07) is 13.6. The van der Waals surface area contributed by atoms with Crippen molar-refractivity contribution in [2.45, 2.75) is 44.7 Å². The van der Waals surface area contributed by atoms with Gasteiger partial charge in [-0.15, -0.1) is 0 Å². The molecule has 0 unspecified atom stereocenters. The maximum absolute atomic E-state index is 12.6. The summed E-state index contributed by atoms with van der Waals surface area (Å²) in [6.45, 7) is -0.0869. The van der Waals surface area contributed by atoms with Crippen LogP contribution in [0.5, 0.6) is 0 Å². The Labute approximate surface area is 177 Å². The van der Waals surface area contributed by atoms with Gasteiger partial charge >= 0.3 is 0 Å². The number of nitrogens with zero attached hydrogens (tertiary/aromatic N) is 2. The Kier molecular flexibility index (Phi) is 5.94. The summed E-state index contributed by atoms with van der Waals surface area (Å²) in [5.74, 6) is -0.267. The highest BCUT2D eigenvalue weighted by atomic mass is 79.9. The molecular weight excluding hydrogens is 432 g/mol. The smallest absolute Gasteiger partial charge is 0.261 e. The Morgan fingerprint density at radius 3 is 2.55 bits per heavy atom. The number of amides is 1. The second-order valence-electron chi connectivity index (χ2n) is 7.44. The lowest BCUT2D eigenvalue weighted by Gasteiger charge is -2.23. The third-order valence-corrected chi connectivity index (χ3v) is 5.74. The van der Waals surface area contributed by atoms with Gasteiger partial charge in [-0.25, -0.2) is 4.98 Å². The Bertz CT molecular complexity index is 1070. The number of rotatable bonds is 5. The minimum atomic E-state index is -0.267. The van der Waals surface area contributed by atoms with Crippen LogP contribution >= 0.6 is 15.9 Å². The fraction of sp³-hybridized carbons (Fsp3) is 0.318. The zero-order valence-corrected chi connectivity index (χ0v) is 17.6. The lowest BCUT2D eigenvalue weighted by molar-refractivity contribution is -0.116. The fourth-order valence-electron chi connectivity index (χ4n) is 3.73. The first kappa shape index (κ1) is 19.6. The van der Waals surface area contributed by atoms with Gasteiger partial charge in [0, 0.05) is 21.9 Å². The number of benzene rings is 2. The largest absolute Gasteiger partial charge is 0.382 e. The van der Waals surface area contributed by atoms with Crippen molar-refractivity contribution in [1.82, 2.24) is 9.55 Å². The second-order valence-corrected chi connectivity index (χ2v) is 8.36. The van der Waals surface area contributed by atoms with E-state index in [4.69, 9.17) is 0 Å². The van der Waals surface area contributed by atoms with Crippen molar-refractivity contribution >= 4 is 44.1 Å².